The van der Waals surface area contributed by atoms with Gasteiger partial charge in [-0.1, -0.05) is 100 Å². The highest BCUT2D eigenvalue weighted by molar-refractivity contribution is 6.95. The van der Waals surface area contributed by atoms with Gasteiger partial charge in [0, 0.05) is 0 Å². The van der Waals surface area contributed by atoms with Crippen LogP contribution < -0.4 is 0 Å². The largest absolute Gasteiger partial charge is 0.0853 e. The Kier molecular flexibility index (Phi) is 6.32. The fraction of sp³-hybridized carbons (Fsp3) is 0.765. The summed E-state index contributed by atoms with van der Waals surface area (Å²) in [4.78, 5) is 0. The van der Waals surface area contributed by atoms with E-state index in [0.29, 0.717) is 0 Å². The lowest BCUT2D eigenvalue weighted by atomic mass is 10.5. The second kappa shape index (κ2) is 7.07. The summed E-state index contributed by atoms with van der Waals surface area (Å²) in [6, 6.07) is 8.61. The topological polar surface area (TPSA) is 0 Å². The van der Waals surface area contributed by atoms with Gasteiger partial charge in [0.25, 0.3) is 0 Å². The summed E-state index contributed by atoms with van der Waals surface area (Å²) in [5.41, 5.74) is 0. The van der Waals surface area contributed by atoms with Gasteiger partial charge in [-0.3, -0.25) is 0 Å². The SMILES string of the molecule is CC[Si](CC)(CC)C1=CCC=C1[Si](CC)(CC)CC. The Labute approximate surface area is 123 Å². The second-order valence-electron chi connectivity index (χ2n) is 6.15. The Hall–Kier alpha value is -0.0862. The highest BCUT2D eigenvalue weighted by Crippen LogP contribution is 2.43. The molecular formula is C17H34Si2. The predicted octanol–water partition coefficient (Wildman–Crippen LogP) is 6.34. The monoisotopic (exact) mass is 294 g/mol. The number of rotatable bonds is 8. The van der Waals surface area contributed by atoms with E-state index >= 15 is 0 Å². The fourth-order valence-corrected chi connectivity index (χ4v) is 13.5. The molecule has 19 heavy (non-hydrogen) atoms. The van der Waals surface area contributed by atoms with Crippen molar-refractivity contribution in [2.45, 2.75) is 84.2 Å². The Morgan fingerprint density at radius 2 is 0.895 bits per heavy atom. The van der Waals surface area contributed by atoms with Gasteiger partial charge >= 0.3 is 0 Å². The van der Waals surface area contributed by atoms with Crippen molar-refractivity contribution in [2.24, 2.45) is 0 Å². The summed E-state index contributed by atoms with van der Waals surface area (Å²) >= 11 is 0. The van der Waals surface area contributed by atoms with Gasteiger partial charge in [0.05, 0.1) is 16.1 Å². The summed E-state index contributed by atoms with van der Waals surface area (Å²) in [6.07, 6.45) is 6.48. The summed E-state index contributed by atoms with van der Waals surface area (Å²) < 4.78 is 0. The summed E-state index contributed by atoms with van der Waals surface area (Å²) in [7, 11) is -2.36. The van der Waals surface area contributed by atoms with Crippen LogP contribution >= 0.6 is 0 Å². The normalized spacial score (nSPS) is 16.5. The minimum Gasteiger partial charge on any atom is -0.0816 e. The van der Waals surface area contributed by atoms with Gasteiger partial charge in [-0.25, -0.2) is 0 Å². The molecule has 0 radical (unpaired) electrons. The average Bonchev–Trinajstić information content (AvgIpc) is 2.95. The smallest absolute Gasteiger partial charge is 0.0816 e. The maximum absolute atomic E-state index is 2.63. The first-order valence-electron chi connectivity index (χ1n) is 8.51. The van der Waals surface area contributed by atoms with Gasteiger partial charge < -0.3 is 0 Å². The van der Waals surface area contributed by atoms with Gasteiger partial charge in [-0.2, -0.15) is 0 Å². The van der Waals surface area contributed by atoms with E-state index in [1.54, 1.807) is 0 Å². The summed E-state index contributed by atoms with van der Waals surface area (Å²) in [5, 5.41) is 3.80. The second-order valence-corrected chi connectivity index (χ2v) is 16.6. The summed E-state index contributed by atoms with van der Waals surface area (Å²) in [5.74, 6) is 0. The van der Waals surface area contributed by atoms with Crippen LogP contribution in [0.15, 0.2) is 22.5 Å². The molecule has 2 heteroatoms. The lowest BCUT2D eigenvalue weighted by molar-refractivity contribution is 1.15. The first kappa shape index (κ1) is 17.0. The molecule has 0 nitrogen and oxygen atoms in total. The molecule has 0 N–H and O–H groups in total. The molecule has 0 aromatic rings. The molecule has 1 aliphatic rings. The molecular weight excluding hydrogens is 260 g/mol. The van der Waals surface area contributed by atoms with Crippen LogP contribution in [0.5, 0.6) is 0 Å². The van der Waals surface area contributed by atoms with Crippen LogP contribution in [0.4, 0.5) is 0 Å². The van der Waals surface area contributed by atoms with E-state index in [9.17, 15) is 0 Å². The molecule has 0 aromatic heterocycles. The maximum atomic E-state index is 2.63. The molecule has 0 amide bonds. The Balaban J connectivity index is 3.21. The van der Waals surface area contributed by atoms with Crippen molar-refractivity contribution < 1.29 is 0 Å². The maximum Gasteiger partial charge on any atom is 0.0853 e. The van der Waals surface area contributed by atoms with Crippen LogP contribution in [0.1, 0.15) is 48.0 Å². The zero-order chi connectivity index (χ0) is 14.5. The van der Waals surface area contributed by atoms with Crippen LogP contribution in [0.25, 0.3) is 0 Å². The fourth-order valence-electron chi connectivity index (χ4n) is 4.16. The van der Waals surface area contributed by atoms with Crippen molar-refractivity contribution in [2.75, 3.05) is 0 Å². The number of hydrogen-bond donors (Lipinski definition) is 0. The van der Waals surface area contributed by atoms with Crippen molar-refractivity contribution >= 4 is 16.1 Å². The third-order valence-corrected chi connectivity index (χ3v) is 17.7. The van der Waals surface area contributed by atoms with Gasteiger partial charge in [0.1, 0.15) is 0 Å². The van der Waals surface area contributed by atoms with E-state index in [1.165, 1.54) is 42.7 Å². The molecule has 1 aliphatic carbocycles. The molecule has 0 unspecified atom stereocenters. The van der Waals surface area contributed by atoms with E-state index in [2.05, 4.69) is 53.7 Å². The van der Waals surface area contributed by atoms with E-state index in [1.807, 2.05) is 10.4 Å². The highest BCUT2D eigenvalue weighted by Gasteiger charge is 2.41. The van der Waals surface area contributed by atoms with Crippen molar-refractivity contribution in [3.63, 3.8) is 0 Å². The van der Waals surface area contributed by atoms with Crippen LogP contribution in [-0.2, 0) is 0 Å². The quantitative estimate of drug-likeness (QED) is 0.458. The Morgan fingerprint density at radius 3 is 1.11 bits per heavy atom. The standard InChI is InChI=1S/C17H34Si2/c1-7-18(8-2,9-3)16-14-13-15-17(16)19(10-4,11-5)12-6/h14-15H,7-13H2,1-6H3. The highest BCUT2D eigenvalue weighted by atomic mass is 28.3. The zero-order valence-corrected chi connectivity index (χ0v) is 16.1. The first-order valence-corrected chi connectivity index (χ1v) is 13.8. The third kappa shape index (κ3) is 2.85. The minimum atomic E-state index is -1.18. The molecule has 1 rings (SSSR count). The van der Waals surface area contributed by atoms with Crippen molar-refractivity contribution in [3.8, 4) is 0 Å². The van der Waals surface area contributed by atoms with E-state index < -0.39 is 16.1 Å². The molecule has 0 heterocycles. The van der Waals surface area contributed by atoms with Crippen LogP contribution in [0.3, 0.4) is 0 Å². The molecule has 0 spiro atoms. The molecule has 0 saturated heterocycles. The van der Waals surface area contributed by atoms with E-state index in [0.717, 1.165) is 0 Å². The Bertz CT molecular complexity index is 294. The van der Waals surface area contributed by atoms with Crippen molar-refractivity contribution in [3.05, 3.63) is 22.5 Å². The van der Waals surface area contributed by atoms with E-state index in [4.69, 9.17) is 0 Å². The first-order chi connectivity index (χ1) is 9.09. The number of allylic oxidation sites excluding steroid dienone is 4. The van der Waals surface area contributed by atoms with Gasteiger partial charge in [0.15, 0.2) is 0 Å². The van der Waals surface area contributed by atoms with Crippen LogP contribution in [0, 0.1) is 0 Å². The van der Waals surface area contributed by atoms with Gasteiger partial charge in [0.2, 0.25) is 0 Å². The molecule has 0 fully saturated rings. The molecule has 0 atom stereocenters. The molecule has 0 saturated carbocycles. The van der Waals surface area contributed by atoms with Crippen LogP contribution in [-0.4, -0.2) is 16.1 Å². The predicted molar refractivity (Wildman–Crippen MR) is 95.2 cm³/mol. The average molecular weight is 295 g/mol. The van der Waals surface area contributed by atoms with Crippen molar-refractivity contribution in [1.29, 1.82) is 0 Å². The molecule has 110 valence electrons. The summed E-state index contributed by atoms with van der Waals surface area (Å²) in [6.45, 7) is 14.7. The lowest BCUT2D eigenvalue weighted by Crippen LogP contribution is -2.43. The molecule has 0 aromatic carbocycles. The molecule has 0 aliphatic heterocycles. The minimum absolute atomic E-state index is 1.18. The van der Waals surface area contributed by atoms with Gasteiger partial charge in [-0.15, -0.1) is 0 Å². The van der Waals surface area contributed by atoms with Crippen molar-refractivity contribution in [1.82, 2.24) is 0 Å². The van der Waals surface area contributed by atoms with Crippen LogP contribution in [0.2, 0.25) is 36.3 Å². The number of hydrogen-bond acceptors (Lipinski definition) is 0. The molecule has 0 bridgehead atoms. The van der Waals surface area contributed by atoms with Gasteiger partial charge in [-0.05, 0) is 6.42 Å². The zero-order valence-electron chi connectivity index (χ0n) is 14.1. The lowest BCUT2D eigenvalue weighted by Gasteiger charge is -2.39. The third-order valence-electron chi connectivity index (χ3n) is 6.14. The Morgan fingerprint density at radius 1 is 0.632 bits per heavy atom. The van der Waals surface area contributed by atoms with E-state index in [-0.39, 0.29) is 0 Å².